The number of nitro groups is 1. The Morgan fingerprint density at radius 1 is 1.22 bits per heavy atom. The molecule has 0 aliphatic rings. The molecule has 0 atom stereocenters. The summed E-state index contributed by atoms with van der Waals surface area (Å²) in [5.74, 6) is 1.24. The summed E-state index contributed by atoms with van der Waals surface area (Å²) in [5, 5.41) is 10.8. The highest BCUT2D eigenvalue weighted by atomic mass is 32.2. The van der Waals surface area contributed by atoms with Gasteiger partial charge in [-0.3, -0.25) is 10.1 Å². The van der Waals surface area contributed by atoms with Crippen LogP contribution in [0.1, 0.15) is 5.56 Å². The van der Waals surface area contributed by atoms with Crippen LogP contribution in [0.15, 0.2) is 52.3 Å². The van der Waals surface area contributed by atoms with Crippen molar-refractivity contribution < 1.29 is 18.1 Å². The lowest BCUT2D eigenvalue weighted by atomic mass is 10.2. The van der Waals surface area contributed by atoms with Crippen molar-refractivity contribution in [3.8, 4) is 5.75 Å². The first-order valence-electron chi connectivity index (χ1n) is 6.55. The number of nitrogens with zero attached hydrogens (tertiary/aromatic N) is 1. The third-order valence-electron chi connectivity index (χ3n) is 3.07. The van der Waals surface area contributed by atoms with Crippen LogP contribution in [0.5, 0.6) is 5.75 Å². The molecule has 0 N–H and O–H groups in total. The second kappa shape index (κ2) is 7.01. The van der Waals surface area contributed by atoms with Crippen molar-refractivity contribution in [3.63, 3.8) is 0 Å². The Morgan fingerprint density at radius 3 is 2.57 bits per heavy atom. The number of hydrogen-bond donors (Lipinski definition) is 0. The number of non-ortho nitro benzene ring substituents is 1. The lowest BCUT2D eigenvalue weighted by Gasteiger charge is -2.08. The van der Waals surface area contributed by atoms with E-state index in [-0.39, 0.29) is 10.6 Å². The van der Waals surface area contributed by atoms with Crippen LogP contribution in [-0.2, 0) is 15.6 Å². The maximum absolute atomic E-state index is 11.9. The van der Waals surface area contributed by atoms with Gasteiger partial charge >= 0.3 is 0 Å². The Labute approximate surface area is 138 Å². The van der Waals surface area contributed by atoms with Gasteiger partial charge in [-0.2, -0.15) is 0 Å². The highest BCUT2D eigenvalue weighted by Crippen LogP contribution is 2.32. The fourth-order valence-electron chi connectivity index (χ4n) is 1.94. The average Bonchev–Trinajstić information content (AvgIpc) is 2.52. The number of thioether (sulfide) groups is 1. The summed E-state index contributed by atoms with van der Waals surface area (Å²) in [5.41, 5.74) is 0.725. The van der Waals surface area contributed by atoms with Crippen molar-refractivity contribution in [2.75, 3.05) is 13.4 Å². The molecule has 0 radical (unpaired) electrons. The minimum Gasteiger partial charge on any atom is -0.497 e. The molecule has 0 amide bonds. The van der Waals surface area contributed by atoms with E-state index < -0.39 is 14.8 Å². The summed E-state index contributed by atoms with van der Waals surface area (Å²) in [6.07, 6.45) is 1.04. The molecule has 0 aromatic heterocycles. The average molecular weight is 353 g/mol. The first kappa shape index (κ1) is 17.3. The zero-order chi connectivity index (χ0) is 17.0. The van der Waals surface area contributed by atoms with E-state index in [2.05, 4.69) is 0 Å². The Kier molecular flexibility index (Phi) is 5.27. The molecule has 2 rings (SSSR count). The second-order valence-electron chi connectivity index (χ2n) is 4.80. The Bertz CT molecular complexity index is 834. The maximum Gasteiger partial charge on any atom is 0.270 e. The highest BCUT2D eigenvalue weighted by Gasteiger charge is 2.18. The molecule has 2 aromatic carbocycles. The molecule has 8 heteroatoms. The molecular weight excluding hydrogens is 338 g/mol. The number of sulfone groups is 1. The van der Waals surface area contributed by atoms with Crippen LogP contribution >= 0.6 is 11.8 Å². The summed E-state index contributed by atoms with van der Waals surface area (Å²) in [4.78, 5) is 10.7. The van der Waals surface area contributed by atoms with E-state index in [9.17, 15) is 18.5 Å². The molecule has 0 fully saturated rings. The molecule has 0 saturated carbocycles. The van der Waals surface area contributed by atoms with E-state index in [4.69, 9.17) is 4.74 Å². The molecule has 0 bridgehead atoms. The van der Waals surface area contributed by atoms with Gasteiger partial charge in [0.2, 0.25) is 0 Å². The fourth-order valence-corrected chi connectivity index (χ4v) is 4.21. The summed E-state index contributed by atoms with van der Waals surface area (Å²) < 4.78 is 28.9. The van der Waals surface area contributed by atoms with Gasteiger partial charge in [-0.05, 0) is 23.8 Å². The molecule has 23 heavy (non-hydrogen) atoms. The van der Waals surface area contributed by atoms with Crippen molar-refractivity contribution in [1.29, 1.82) is 0 Å². The fraction of sp³-hybridized carbons (Fsp3) is 0.200. The van der Waals surface area contributed by atoms with Crippen LogP contribution in [0.3, 0.4) is 0 Å². The number of benzene rings is 2. The van der Waals surface area contributed by atoms with Gasteiger partial charge in [0, 0.05) is 29.0 Å². The van der Waals surface area contributed by atoms with Crippen molar-refractivity contribution in [2.45, 2.75) is 15.5 Å². The van der Waals surface area contributed by atoms with Crippen LogP contribution in [0.2, 0.25) is 0 Å². The topological polar surface area (TPSA) is 86.5 Å². The van der Waals surface area contributed by atoms with Gasteiger partial charge < -0.3 is 4.74 Å². The van der Waals surface area contributed by atoms with Crippen LogP contribution in [0, 0.1) is 10.1 Å². The quantitative estimate of drug-likeness (QED) is 0.450. The molecule has 0 heterocycles. The van der Waals surface area contributed by atoms with Crippen LogP contribution in [0.4, 0.5) is 5.69 Å². The molecule has 0 saturated heterocycles. The van der Waals surface area contributed by atoms with E-state index in [1.54, 1.807) is 7.11 Å². The number of methoxy groups -OCH3 is 1. The summed E-state index contributed by atoms with van der Waals surface area (Å²) in [6.45, 7) is 0. The van der Waals surface area contributed by atoms with Gasteiger partial charge in [0.15, 0.2) is 9.84 Å². The van der Waals surface area contributed by atoms with E-state index in [1.807, 2.05) is 24.3 Å². The SMILES string of the molecule is COc1cccc(CSc2ccc([N+](=O)[O-])cc2S(C)(=O)=O)c1. The van der Waals surface area contributed by atoms with Gasteiger partial charge in [0.25, 0.3) is 5.69 Å². The van der Waals surface area contributed by atoms with Crippen molar-refractivity contribution in [3.05, 3.63) is 58.1 Å². The first-order chi connectivity index (χ1) is 10.8. The Morgan fingerprint density at radius 2 is 1.96 bits per heavy atom. The minimum absolute atomic E-state index is 0.0282. The highest BCUT2D eigenvalue weighted by molar-refractivity contribution is 7.99. The molecule has 0 unspecified atom stereocenters. The monoisotopic (exact) mass is 353 g/mol. The molecule has 0 aliphatic heterocycles. The normalized spacial score (nSPS) is 11.2. The largest absolute Gasteiger partial charge is 0.497 e. The van der Waals surface area contributed by atoms with Crippen molar-refractivity contribution in [1.82, 2.24) is 0 Å². The van der Waals surface area contributed by atoms with Crippen LogP contribution < -0.4 is 4.74 Å². The molecule has 6 nitrogen and oxygen atoms in total. The van der Waals surface area contributed by atoms with Gasteiger partial charge in [-0.25, -0.2) is 8.42 Å². The van der Waals surface area contributed by atoms with Crippen LogP contribution in [0.25, 0.3) is 0 Å². The third kappa shape index (κ3) is 4.46. The number of rotatable bonds is 6. The Balaban J connectivity index is 2.30. The summed E-state index contributed by atoms with van der Waals surface area (Å²) >= 11 is 1.31. The predicted molar refractivity (Wildman–Crippen MR) is 88.8 cm³/mol. The van der Waals surface area contributed by atoms with E-state index >= 15 is 0 Å². The summed E-state index contributed by atoms with van der Waals surface area (Å²) in [7, 11) is -1.98. The summed E-state index contributed by atoms with van der Waals surface area (Å²) in [6, 6.07) is 11.3. The smallest absolute Gasteiger partial charge is 0.270 e. The maximum atomic E-state index is 11.9. The zero-order valence-electron chi connectivity index (χ0n) is 12.6. The van der Waals surface area contributed by atoms with Gasteiger partial charge in [0.1, 0.15) is 5.75 Å². The molecular formula is C15H15NO5S2. The van der Waals surface area contributed by atoms with Gasteiger partial charge in [-0.1, -0.05) is 12.1 Å². The van der Waals surface area contributed by atoms with Crippen molar-refractivity contribution >= 4 is 27.3 Å². The molecule has 2 aromatic rings. The van der Waals surface area contributed by atoms with E-state index in [1.165, 1.54) is 23.9 Å². The molecule has 0 spiro atoms. The number of ether oxygens (including phenoxy) is 1. The lowest BCUT2D eigenvalue weighted by molar-refractivity contribution is -0.385. The van der Waals surface area contributed by atoms with Crippen molar-refractivity contribution in [2.24, 2.45) is 0 Å². The minimum atomic E-state index is -3.56. The number of hydrogen-bond acceptors (Lipinski definition) is 6. The van der Waals surface area contributed by atoms with E-state index in [0.29, 0.717) is 10.6 Å². The Hall–Kier alpha value is -2.06. The third-order valence-corrected chi connectivity index (χ3v) is 5.48. The predicted octanol–water partition coefficient (Wildman–Crippen LogP) is 3.30. The zero-order valence-corrected chi connectivity index (χ0v) is 14.2. The molecule has 0 aliphatic carbocycles. The lowest BCUT2D eigenvalue weighted by Crippen LogP contribution is -2.01. The van der Waals surface area contributed by atoms with E-state index in [0.717, 1.165) is 23.6 Å². The second-order valence-corrected chi connectivity index (χ2v) is 7.80. The standard InChI is InChI=1S/C15H15NO5S2/c1-21-13-5-3-4-11(8-13)10-22-14-7-6-12(16(17)18)9-15(14)23(2,19)20/h3-9H,10H2,1-2H3. The van der Waals surface area contributed by atoms with Gasteiger partial charge in [0.05, 0.1) is 16.9 Å². The number of nitro benzene ring substituents is 1. The first-order valence-corrected chi connectivity index (χ1v) is 9.43. The van der Waals surface area contributed by atoms with Gasteiger partial charge in [-0.15, -0.1) is 11.8 Å². The molecule has 122 valence electrons. The van der Waals surface area contributed by atoms with Crippen LogP contribution in [-0.4, -0.2) is 26.7 Å².